The lowest BCUT2D eigenvalue weighted by molar-refractivity contribution is 0.148. The number of hydrogen-bond donors (Lipinski definition) is 2. The summed E-state index contributed by atoms with van der Waals surface area (Å²) in [5, 5.41) is 6.50. The minimum absolute atomic E-state index is 0. The Balaban J connectivity index is 0.00000261. The number of ether oxygens (including phenoxy) is 1. The maximum absolute atomic E-state index is 13.0. The normalized spacial score (nSPS) is 20.4. The second-order valence-corrected chi connectivity index (χ2v) is 7.25. The lowest BCUT2D eigenvalue weighted by Gasteiger charge is -2.36. The highest BCUT2D eigenvalue weighted by atomic mass is 35.5. The van der Waals surface area contributed by atoms with Crippen molar-refractivity contribution in [2.45, 2.75) is 38.1 Å². The van der Waals surface area contributed by atoms with E-state index >= 15 is 0 Å². The van der Waals surface area contributed by atoms with Crippen molar-refractivity contribution in [3.05, 3.63) is 24.3 Å². The molecule has 2 aliphatic rings. The van der Waals surface area contributed by atoms with Crippen molar-refractivity contribution >= 4 is 24.1 Å². The molecule has 2 fully saturated rings. The standard InChI is InChI=1S/C20H32N4O2.ClH/c1-26-19-9-7-17(8-10-19)22-20(25)24(18-6-5-11-21-16-18)15-14-23-12-3-2-4-13-23;/h7-10,18,21H,2-6,11-16H2,1H3,(H,22,25);1H. The van der Waals surface area contributed by atoms with Gasteiger partial charge in [0, 0.05) is 31.4 Å². The number of nitrogens with one attached hydrogen (secondary N) is 2. The minimum atomic E-state index is 0. The van der Waals surface area contributed by atoms with Crippen molar-refractivity contribution in [2.24, 2.45) is 0 Å². The van der Waals surface area contributed by atoms with E-state index in [9.17, 15) is 4.79 Å². The van der Waals surface area contributed by atoms with Crippen molar-refractivity contribution in [1.29, 1.82) is 0 Å². The summed E-state index contributed by atoms with van der Waals surface area (Å²) in [6, 6.07) is 7.79. The molecule has 0 bridgehead atoms. The first-order valence-electron chi connectivity index (χ1n) is 9.91. The van der Waals surface area contributed by atoms with E-state index in [-0.39, 0.29) is 24.5 Å². The van der Waals surface area contributed by atoms with E-state index in [0.29, 0.717) is 0 Å². The summed E-state index contributed by atoms with van der Waals surface area (Å²) in [5.41, 5.74) is 0.808. The number of amides is 2. The number of urea groups is 1. The van der Waals surface area contributed by atoms with Crippen molar-refractivity contribution in [3.63, 3.8) is 0 Å². The Hall–Kier alpha value is -1.50. The highest BCUT2D eigenvalue weighted by Crippen LogP contribution is 2.18. The second kappa shape index (κ2) is 11.4. The molecule has 0 aromatic heterocycles. The molecular weight excluding hydrogens is 364 g/mol. The first-order valence-corrected chi connectivity index (χ1v) is 9.91. The van der Waals surface area contributed by atoms with Gasteiger partial charge in [-0.25, -0.2) is 4.79 Å². The molecule has 7 heteroatoms. The third-order valence-corrected chi connectivity index (χ3v) is 5.42. The number of nitrogens with zero attached hydrogens (tertiary/aromatic N) is 2. The Morgan fingerprint density at radius 3 is 2.59 bits per heavy atom. The molecule has 2 heterocycles. The summed E-state index contributed by atoms with van der Waals surface area (Å²) in [5.74, 6) is 0.793. The zero-order valence-electron chi connectivity index (χ0n) is 16.3. The van der Waals surface area contributed by atoms with Crippen LogP contribution in [0.4, 0.5) is 10.5 Å². The lowest BCUT2D eigenvalue weighted by Crippen LogP contribution is -2.52. The molecular formula is C20H33ClN4O2. The van der Waals surface area contributed by atoms with E-state index in [1.165, 1.54) is 19.3 Å². The largest absolute Gasteiger partial charge is 0.497 e. The van der Waals surface area contributed by atoms with Crippen LogP contribution in [0.2, 0.25) is 0 Å². The van der Waals surface area contributed by atoms with E-state index in [1.54, 1.807) is 7.11 Å². The third-order valence-electron chi connectivity index (χ3n) is 5.42. The van der Waals surface area contributed by atoms with Crippen LogP contribution >= 0.6 is 12.4 Å². The van der Waals surface area contributed by atoms with Gasteiger partial charge in [0.2, 0.25) is 0 Å². The molecule has 2 N–H and O–H groups in total. The summed E-state index contributed by atoms with van der Waals surface area (Å²) in [6.45, 7) is 6.02. The number of hydrogen-bond acceptors (Lipinski definition) is 4. The van der Waals surface area contributed by atoms with Gasteiger partial charge in [0.15, 0.2) is 0 Å². The van der Waals surface area contributed by atoms with Gasteiger partial charge in [0.1, 0.15) is 5.75 Å². The predicted molar refractivity (Wildman–Crippen MR) is 112 cm³/mol. The van der Waals surface area contributed by atoms with Gasteiger partial charge in [0.25, 0.3) is 0 Å². The smallest absolute Gasteiger partial charge is 0.322 e. The average molecular weight is 397 g/mol. The van der Waals surface area contributed by atoms with Crippen LogP contribution in [0.15, 0.2) is 24.3 Å². The minimum Gasteiger partial charge on any atom is -0.497 e. The Kier molecular flexibility index (Phi) is 9.18. The molecule has 2 aliphatic heterocycles. The molecule has 0 radical (unpaired) electrons. The van der Waals surface area contributed by atoms with Crippen molar-refractivity contribution < 1.29 is 9.53 Å². The van der Waals surface area contributed by atoms with Gasteiger partial charge in [-0.3, -0.25) is 0 Å². The van der Waals surface area contributed by atoms with Gasteiger partial charge in [-0.15, -0.1) is 12.4 Å². The molecule has 27 heavy (non-hydrogen) atoms. The fourth-order valence-corrected chi connectivity index (χ4v) is 3.85. The lowest BCUT2D eigenvalue weighted by atomic mass is 10.1. The van der Waals surface area contributed by atoms with Crippen LogP contribution in [0.1, 0.15) is 32.1 Å². The fraction of sp³-hybridized carbons (Fsp3) is 0.650. The molecule has 3 rings (SSSR count). The summed E-state index contributed by atoms with van der Waals surface area (Å²) in [6.07, 6.45) is 6.10. The number of rotatable bonds is 6. The molecule has 1 aromatic carbocycles. The summed E-state index contributed by atoms with van der Waals surface area (Å²) < 4.78 is 5.19. The topological polar surface area (TPSA) is 56.8 Å². The van der Waals surface area contributed by atoms with E-state index < -0.39 is 0 Å². The van der Waals surface area contributed by atoms with Crippen LogP contribution in [-0.2, 0) is 0 Å². The molecule has 0 aliphatic carbocycles. The molecule has 152 valence electrons. The molecule has 0 saturated carbocycles. The molecule has 6 nitrogen and oxygen atoms in total. The van der Waals surface area contributed by atoms with E-state index in [4.69, 9.17) is 4.74 Å². The molecule has 1 atom stereocenters. The molecule has 0 spiro atoms. The van der Waals surface area contributed by atoms with Gasteiger partial charge >= 0.3 is 6.03 Å². The van der Waals surface area contributed by atoms with E-state index in [0.717, 1.165) is 63.5 Å². The third kappa shape index (κ3) is 6.55. The van der Waals surface area contributed by atoms with E-state index in [2.05, 4.69) is 15.5 Å². The van der Waals surface area contributed by atoms with Gasteiger partial charge in [-0.2, -0.15) is 0 Å². The quantitative estimate of drug-likeness (QED) is 0.775. The molecule has 1 aromatic rings. The van der Waals surface area contributed by atoms with Crippen molar-refractivity contribution in [3.8, 4) is 5.75 Å². The zero-order valence-corrected chi connectivity index (χ0v) is 17.1. The van der Waals surface area contributed by atoms with Gasteiger partial charge in [-0.05, 0) is 69.6 Å². The number of carbonyl (C=O) groups excluding carboxylic acids is 1. The fourth-order valence-electron chi connectivity index (χ4n) is 3.85. The number of piperidine rings is 2. The summed E-state index contributed by atoms with van der Waals surface area (Å²) >= 11 is 0. The number of anilines is 1. The monoisotopic (exact) mass is 396 g/mol. The van der Waals surface area contributed by atoms with Crippen LogP contribution in [0.3, 0.4) is 0 Å². The number of likely N-dealkylation sites (tertiary alicyclic amines) is 1. The highest BCUT2D eigenvalue weighted by Gasteiger charge is 2.26. The SMILES string of the molecule is COc1ccc(NC(=O)N(CCN2CCCCC2)C2CCCNC2)cc1.Cl. The van der Waals surface area contributed by atoms with Gasteiger partial charge < -0.3 is 25.2 Å². The Morgan fingerprint density at radius 2 is 1.96 bits per heavy atom. The molecule has 1 unspecified atom stereocenters. The second-order valence-electron chi connectivity index (χ2n) is 7.25. The first-order chi connectivity index (χ1) is 12.8. The maximum Gasteiger partial charge on any atom is 0.322 e. The average Bonchev–Trinajstić information content (AvgIpc) is 2.70. The summed E-state index contributed by atoms with van der Waals surface area (Å²) in [4.78, 5) is 17.5. The number of benzene rings is 1. The predicted octanol–water partition coefficient (Wildman–Crippen LogP) is 3.19. The van der Waals surface area contributed by atoms with Crippen LogP contribution in [0, 0.1) is 0 Å². The van der Waals surface area contributed by atoms with E-state index in [1.807, 2.05) is 29.2 Å². The Morgan fingerprint density at radius 1 is 1.22 bits per heavy atom. The van der Waals surface area contributed by atoms with Crippen LogP contribution in [0.5, 0.6) is 5.75 Å². The number of carbonyl (C=O) groups is 1. The highest BCUT2D eigenvalue weighted by molar-refractivity contribution is 5.89. The van der Waals surface area contributed by atoms with Crippen LogP contribution in [-0.4, -0.2) is 68.3 Å². The molecule has 2 amide bonds. The zero-order chi connectivity index (χ0) is 18.2. The Bertz CT molecular complexity index is 558. The molecule has 2 saturated heterocycles. The summed E-state index contributed by atoms with van der Waals surface area (Å²) in [7, 11) is 1.64. The van der Waals surface area contributed by atoms with Crippen molar-refractivity contribution in [1.82, 2.24) is 15.1 Å². The maximum atomic E-state index is 13.0. The van der Waals surface area contributed by atoms with Gasteiger partial charge in [-0.1, -0.05) is 6.42 Å². The number of methoxy groups -OCH3 is 1. The first kappa shape index (κ1) is 21.8. The van der Waals surface area contributed by atoms with Gasteiger partial charge in [0.05, 0.1) is 7.11 Å². The van der Waals surface area contributed by atoms with Crippen LogP contribution in [0.25, 0.3) is 0 Å². The van der Waals surface area contributed by atoms with Crippen molar-refractivity contribution in [2.75, 3.05) is 51.7 Å². The van der Waals surface area contributed by atoms with Crippen LogP contribution < -0.4 is 15.4 Å². The Labute approximate surface area is 169 Å². The number of halogens is 1.